The molecule has 0 radical (unpaired) electrons. The third-order valence-electron chi connectivity index (χ3n) is 2.44. The van der Waals surface area contributed by atoms with E-state index in [1.165, 1.54) is 18.2 Å². The Balaban J connectivity index is 2.20. The second kappa shape index (κ2) is 4.72. The number of rotatable bonds is 2. The van der Waals surface area contributed by atoms with E-state index in [0.717, 1.165) is 12.1 Å². The largest absolute Gasteiger partial charge is 0.455 e. The topological polar surface area (TPSA) is 61.3 Å². The lowest BCUT2D eigenvalue weighted by Gasteiger charge is -2.10. The van der Waals surface area contributed by atoms with Gasteiger partial charge in [-0.1, -0.05) is 0 Å². The number of alkyl halides is 3. The van der Waals surface area contributed by atoms with Crippen molar-refractivity contribution in [3.8, 4) is 11.5 Å². The quantitative estimate of drug-likeness (QED) is 0.817. The van der Waals surface area contributed by atoms with E-state index in [0.29, 0.717) is 17.1 Å². The minimum absolute atomic E-state index is 0.268. The van der Waals surface area contributed by atoms with Crippen molar-refractivity contribution in [1.82, 2.24) is 0 Å². The normalized spacial score (nSPS) is 11.3. The molecule has 0 atom stereocenters. The number of benzene rings is 2. The Bertz CT molecular complexity index is 579. The molecular formula is C13H11F3N2O. The SMILES string of the molecule is Nc1ccc(Oc2ccc(C(F)(F)F)cc2)c(N)c1. The van der Waals surface area contributed by atoms with Gasteiger partial charge in [-0.25, -0.2) is 0 Å². The van der Waals surface area contributed by atoms with Gasteiger partial charge >= 0.3 is 6.18 Å². The lowest BCUT2D eigenvalue weighted by Crippen LogP contribution is -2.04. The fourth-order valence-electron chi connectivity index (χ4n) is 1.50. The predicted octanol–water partition coefficient (Wildman–Crippen LogP) is 3.66. The minimum Gasteiger partial charge on any atom is -0.455 e. The molecular weight excluding hydrogens is 257 g/mol. The Hall–Kier alpha value is -2.37. The second-order valence-corrected chi connectivity index (χ2v) is 3.92. The van der Waals surface area contributed by atoms with E-state index in [2.05, 4.69) is 0 Å². The molecule has 2 aromatic carbocycles. The Morgan fingerprint density at radius 2 is 1.53 bits per heavy atom. The van der Waals surface area contributed by atoms with E-state index in [4.69, 9.17) is 16.2 Å². The van der Waals surface area contributed by atoms with Crippen molar-refractivity contribution in [2.24, 2.45) is 0 Å². The molecule has 4 N–H and O–H groups in total. The van der Waals surface area contributed by atoms with Gasteiger partial charge < -0.3 is 16.2 Å². The van der Waals surface area contributed by atoms with Gasteiger partial charge in [0.05, 0.1) is 11.3 Å². The molecule has 3 nitrogen and oxygen atoms in total. The number of halogens is 3. The molecule has 0 bridgehead atoms. The molecule has 0 aliphatic rings. The number of hydrogen-bond donors (Lipinski definition) is 2. The summed E-state index contributed by atoms with van der Waals surface area (Å²) < 4.78 is 42.5. The third kappa shape index (κ3) is 3.09. The first kappa shape index (κ1) is 13.1. The van der Waals surface area contributed by atoms with Gasteiger partial charge in [-0.05, 0) is 42.5 Å². The van der Waals surface area contributed by atoms with Gasteiger partial charge in [-0.3, -0.25) is 0 Å². The summed E-state index contributed by atoms with van der Waals surface area (Å²) in [6.45, 7) is 0. The van der Waals surface area contributed by atoms with Crippen molar-refractivity contribution in [3.05, 3.63) is 48.0 Å². The average Bonchev–Trinajstić information content (AvgIpc) is 2.32. The maximum atomic E-state index is 12.4. The zero-order valence-electron chi connectivity index (χ0n) is 9.74. The number of anilines is 2. The van der Waals surface area contributed by atoms with Crippen LogP contribution in [0.4, 0.5) is 24.5 Å². The molecule has 0 heterocycles. The molecule has 2 rings (SSSR count). The number of hydrogen-bond acceptors (Lipinski definition) is 3. The summed E-state index contributed by atoms with van der Waals surface area (Å²) in [6, 6.07) is 9.03. The Labute approximate surface area is 107 Å². The summed E-state index contributed by atoms with van der Waals surface area (Å²) in [4.78, 5) is 0. The van der Waals surface area contributed by atoms with Crippen LogP contribution in [-0.2, 0) is 6.18 Å². The average molecular weight is 268 g/mol. The highest BCUT2D eigenvalue weighted by Crippen LogP contribution is 2.33. The first-order chi connectivity index (χ1) is 8.86. The maximum absolute atomic E-state index is 12.4. The lowest BCUT2D eigenvalue weighted by atomic mass is 10.2. The molecule has 0 saturated heterocycles. The lowest BCUT2D eigenvalue weighted by molar-refractivity contribution is -0.137. The highest BCUT2D eigenvalue weighted by atomic mass is 19.4. The Kier molecular flexibility index (Phi) is 3.25. The molecule has 0 unspecified atom stereocenters. The molecule has 0 saturated carbocycles. The highest BCUT2D eigenvalue weighted by molar-refractivity contribution is 5.61. The van der Waals surface area contributed by atoms with Crippen molar-refractivity contribution in [2.75, 3.05) is 11.5 Å². The van der Waals surface area contributed by atoms with Crippen LogP contribution in [0.15, 0.2) is 42.5 Å². The molecule has 6 heteroatoms. The monoisotopic (exact) mass is 268 g/mol. The van der Waals surface area contributed by atoms with E-state index in [9.17, 15) is 13.2 Å². The summed E-state index contributed by atoms with van der Waals surface area (Å²) in [5, 5.41) is 0. The van der Waals surface area contributed by atoms with Gasteiger partial charge in [0.15, 0.2) is 0 Å². The van der Waals surface area contributed by atoms with Crippen LogP contribution in [0.5, 0.6) is 11.5 Å². The summed E-state index contributed by atoms with van der Waals surface area (Å²) in [7, 11) is 0. The van der Waals surface area contributed by atoms with Crippen molar-refractivity contribution in [3.63, 3.8) is 0 Å². The van der Waals surface area contributed by atoms with Crippen LogP contribution in [0.3, 0.4) is 0 Å². The first-order valence-corrected chi connectivity index (χ1v) is 5.36. The predicted molar refractivity (Wildman–Crippen MR) is 66.8 cm³/mol. The van der Waals surface area contributed by atoms with Crippen LogP contribution >= 0.6 is 0 Å². The van der Waals surface area contributed by atoms with Gasteiger partial charge in [0.1, 0.15) is 11.5 Å². The van der Waals surface area contributed by atoms with Gasteiger partial charge in [0, 0.05) is 5.69 Å². The summed E-state index contributed by atoms with van der Waals surface area (Å²) in [5.41, 5.74) is 11.3. The Morgan fingerprint density at radius 1 is 0.895 bits per heavy atom. The van der Waals surface area contributed by atoms with Crippen molar-refractivity contribution >= 4 is 11.4 Å². The van der Waals surface area contributed by atoms with Gasteiger partial charge in [0.25, 0.3) is 0 Å². The Morgan fingerprint density at radius 3 is 2.05 bits per heavy atom. The zero-order valence-corrected chi connectivity index (χ0v) is 9.74. The molecule has 0 spiro atoms. The maximum Gasteiger partial charge on any atom is 0.416 e. The van der Waals surface area contributed by atoms with Crippen molar-refractivity contribution < 1.29 is 17.9 Å². The van der Waals surface area contributed by atoms with E-state index in [-0.39, 0.29) is 5.75 Å². The second-order valence-electron chi connectivity index (χ2n) is 3.92. The van der Waals surface area contributed by atoms with Crippen LogP contribution in [0.2, 0.25) is 0 Å². The van der Waals surface area contributed by atoms with Crippen LogP contribution in [0.25, 0.3) is 0 Å². The first-order valence-electron chi connectivity index (χ1n) is 5.36. The number of nitrogen functional groups attached to an aromatic ring is 2. The van der Waals surface area contributed by atoms with Gasteiger partial charge in [-0.2, -0.15) is 13.2 Å². The summed E-state index contributed by atoms with van der Waals surface area (Å²) in [6.07, 6.45) is -4.36. The summed E-state index contributed by atoms with van der Waals surface area (Å²) >= 11 is 0. The van der Waals surface area contributed by atoms with Crippen LogP contribution in [0, 0.1) is 0 Å². The highest BCUT2D eigenvalue weighted by Gasteiger charge is 2.30. The molecule has 0 fully saturated rings. The van der Waals surface area contributed by atoms with E-state index >= 15 is 0 Å². The molecule has 0 aromatic heterocycles. The van der Waals surface area contributed by atoms with E-state index in [1.807, 2.05) is 0 Å². The summed E-state index contributed by atoms with van der Waals surface area (Å²) in [5.74, 6) is 0.610. The van der Waals surface area contributed by atoms with Gasteiger partial charge in [0.2, 0.25) is 0 Å². The van der Waals surface area contributed by atoms with Crippen LogP contribution in [-0.4, -0.2) is 0 Å². The zero-order chi connectivity index (χ0) is 14.0. The molecule has 19 heavy (non-hydrogen) atoms. The molecule has 0 aliphatic carbocycles. The van der Waals surface area contributed by atoms with E-state index < -0.39 is 11.7 Å². The van der Waals surface area contributed by atoms with Crippen LogP contribution < -0.4 is 16.2 Å². The molecule has 0 aliphatic heterocycles. The fraction of sp³-hybridized carbons (Fsp3) is 0.0769. The van der Waals surface area contributed by atoms with Crippen LogP contribution in [0.1, 0.15) is 5.56 Å². The van der Waals surface area contributed by atoms with E-state index in [1.54, 1.807) is 12.1 Å². The van der Waals surface area contributed by atoms with Crippen molar-refractivity contribution in [2.45, 2.75) is 6.18 Å². The molecule has 0 amide bonds. The van der Waals surface area contributed by atoms with Crippen molar-refractivity contribution in [1.29, 1.82) is 0 Å². The minimum atomic E-state index is -4.36. The third-order valence-corrected chi connectivity index (χ3v) is 2.44. The molecule has 100 valence electrons. The fourth-order valence-corrected chi connectivity index (χ4v) is 1.50. The standard InChI is InChI=1S/C13H11F3N2O/c14-13(15,16)8-1-4-10(5-2-8)19-12-6-3-9(17)7-11(12)18/h1-7H,17-18H2. The van der Waals surface area contributed by atoms with Gasteiger partial charge in [-0.15, -0.1) is 0 Å². The number of ether oxygens (including phenoxy) is 1. The molecule has 2 aromatic rings. The number of nitrogens with two attached hydrogens (primary N) is 2. The smallest absolute Gasteiger partial charge is 0.416 e.